The number of piperidine rings is 1. The van der Waals surface area contributed by atoms with Crippen LogP contribution in [0.25, 0.3) is 0 Å². The molecule has 0 aromatic heterocycles. The van der Waals surface area contributed by atoms with Gasteiger partial charge in [-0.05, 0) is 43.9 Å². The quantitative estimate of drug-likeness (QED) is 0.836. The summed E-state index contributed by atoms with van der Waals surface area (Å²) in [6, 6.07) is 5.06. The van der Waals surface area contributed by atoms with Gasteiger partial charge in [-0.2, -0.15) is 0 Å². The van der Waals surface area contributed by atoms with E-state index >= 15 is 0 Å². The topological polar surface area (TPSA) is 66.6 Å². The molecule has 19 heavy (non-hydrogen) atoms. The maximum Gasteiger partial charge on any atom is 0.255 e. The molecule has 0 saturated carbocycles. The average Bonchev–Trinajstić information content (AvgIpc) is 2.39. The Morgan fingerprint density at radius 1 is 1.47 bits per heavy atom. The van der Waals surface area contributed by atoms with Crippen molar-refractivity contribution in [1.29, 1.82) is 0 Å². The van der Waals surface area contributed by atoms with Crippen molar-refractivity contribution in [1.82, 2.24) is 4.90 Å². The van der Waals surface area contributed by atoms with E-state index in [1.54, 1.807) is 18.2 Å². The zero-order valence-electron chi connectivity index (χ0n) is 10.8. The predicted molar refractivity (Wildman–Crippen MR) is 76.2 cm³/mol. The Hall–Kier alpha value is -1.26. The Bertz CT molecular complexity index is 463. The molecule has 1 fully saturated rings. The second kappa shape index (κ2) is 6.26. The molecule has 1 atom stereocenters. The van der Waals surface area contributed by atoms with Crippen molar-refractivity contribution in [3.8, 4) is 0 Å². The molecule has 0 bridgehead atoms. The third-order valence-corrected chi connectivity index (χ3v) is 3.89. The Kier molecular flexibility index (Phi) is 4.66. The Balaban J connectivity index is 2.21. The molecule has 1 aromatic rings. The van der Waals surface area contributed by atoms with Crippen molar-refractivity contribution in [3.63, 3.8) is 0 Å². The van der Waals surface area contributed by atoms with Crippen LogP contribution in [0.1, 0.15) is 36.0 Å². The third kappa shape index (κ3) is 3.19. The van der Waals surface area contributed by atoms with Crippen molar-refractivity contribution >= 4 is 23.2 Å². The monoisotopic (exact) mass is 282 g/mol. The van der Waals surface area contributed by atoms with Crippen molar-refractivity contribution < 1.29 is 9.90 Å². The summed E-state index contributed by atoms with van der Waals surface area (Å²) in [5.74, 6) is -0.0665. The average molecular weight is 283 g/mol. The number of likely N-dealkylation sites (tertiary alicyclic amines) is 1. The highest BCUT2D eigenvalue weighted by Crippen LogP contribution is 2.26. The van der Waals surface area contributed by atoms with Crippen LogP contribution in [0.15, 0.2) is 18.2 Å². The largest absolute Gasteiger partial charge is 0.399 e. The maximum atomic E-state index is 12.5. The summed E-state index contributed by atoms with van der Waals surface area (Å²) < 4.78 is 0. The van der Waals surface area contributed by atoms with Gasteiger partial charge in [0.1, 0.15) is 0 Å². The van der Waals surface area contributed by atoms with Gasteiger partial charge in [0.2, 0.25) is 0 Å². The molecule has 1 aromatic carbocycles. The number of rotatable bonds is 3. The van der Waals surface area contributed by atoms with E-state index in [1.165, 1.54) is 0 Å². The lowest BCUT2D eigenvalue weighted by Crippen LogP contribution is -2.44. The van der Waals surface area contributed by atoms with Gasteiger partial charge in [0, 0.05) is 24.9 Å². The van der Waals surface area contributed by atoms with Crippen LogP contribution < -0.4 is 5.73 Å². The predicted octanol–water partition coefficient (Wildman–Crippen LogP) is 2.30. The summed E-state index contributed by atoms with van der Waals surface area (Å²) >= 11 is 6.09. The molecule has 0 radical (unpaired) electrons. The number of aliphatic hydroxyl groups is 1. The van der Waals surface area contributed by atoms with Crippen LogP contribution in [-0.4, -0.2) is 35.1 Å². The van der Waals surface area contributed by atoms with E-state index in [0.717, 1.165) is 25.8 Å². The highest BCUT2D eigenvalue weighted by atomic mass is 35.5. The van der Waals surface area contributed by atoms with Crippen LogP contribution in [0.4, 0.5) is 5.69 Å². The number of amides is 1. The van der Waals surface area contributed by atoms with Crippen molar-refractivity contribution in [3.05, 3.63) is 28.8 Å². The van der Waals surface area contributed by atoms with Gasteiger partial charge in [-0.1, -0.05) is 11.6 Å². The molecule has 1 aliphatic heterocycles. The fourth-order valence-corrected chi connectivity index (χ4v) is 2.85. The lowest BCUT2D eigenvalue weighted by molar-refractivity contribution is 0.0575. The minimum atomic E-state index is -0.0665. The number of nitrogen functional groups attached to an aromatic ring is 1. The van der Waals surface area contributed by atoms with Crippen molar-refractivity contribution in [2.75, 3.05) is 18.9 Å². The van der Waals surface area contributed by atoms with Crippen LogP contribution in [0.5, 0.6) is 0 Å². The molecule has 1 saturated heterocycles. The molecule has 1 unspecified atom stereocenters. The summed E-state index contributed by atoms with van der Waals surface area (Å²) in [5, 5.41) is 9.49. The van der Waals surface area contributed by atoms with Crippen LogP contribution in [0.3, 0.4) is 0 Å². The molecule has 5 heteroatoms. The van der Waals surface area contributed by atoms with Gasteiger partial charge in [0.15, 0.2) is 0 Å². The van der Waals surface area contributed by atoms with Gasteiger partial charge in [-0.15, -0.1) is 0 Å². The molecular formula is C14H19ClN2O2. The summed E-state index contributed by atoms with van der Waals surface area (Å²) in [4.78, 5) is 14.4. The summed E-state index contributed by atoms with van der Waals surface area (Å²) in [7, 11) is 0. The third-order valence-electron chi connectivity index (χ3n) is 3.57. The van der Waals surface area contributed by atoms with Gasteiger partial charge in [0.05, 0.1) is 10.6 Å². The number of nitrogens with two attached hydrogens (primary N) is 1. The van der Waals surface area contributed by atoms with Gasteiger partial charge in [-0.3, -0.25) is 4.79 Å². The second-order valence-electron chi connectivity index (χ2n) is 4.90. The normalized spacial score (nSPS) is 19.5. The van der Waals surface area contributed by atoms with Gasteiger partial charge in [0.25, 0.3) is 5.91 Å². The van der Waals surface area contributed by atoms with Crippen LogP contribution in [0, 0.1) is 0 Å². The van der Waals surface area contributed by atoms with Crippen molar-refractivity contribution in [2.45, 2.75) is 31.7 Å². The first-order chi connectivity index (χ1) is 9.13. The fourth-order valence-electron chi connectivity index (χ4n) is 2.58. The molecule has 4 nitrogen and oxygen atoms in total. The lowest BCUT2D eigenvalue weighted by Gasteiger charge is -2.35. The molecule has 2 rings (SSSR count). The number of anilines is 1. The molecule has 0 spiro atoms. The maximum absolute atomic E-state index is 12.5. The zero-order valence-corrected chi connectivity index (χ0v) is 11.6. The van der Waals surface area contributed by atoms with E-state index in [0.29, 0.717) is 22.7 Å². The van der Waals surface area contributed by atoms with Gasteiger partial charge >= 0.3 is 0 Å². The van der Waals surface area contributed by atoms with E-state index in [-0.39, 0.29) is 18.6 Å². The van der Waals surface area contributed by atoms with Crippen LogP contribution >= 0.6 is 11.6 Å². The Labute approximate surface area is 118 Å². The molecule has 0 aliphatic carbocycles. The van der Waals surface area contributed by atoms with E-state index in [9.17, 15) is 4.79 Å². The number of halogens is 1. The molecule has 1 heterocycles. The van der Waals surface area contributed by atoms with Gasteiger partial charge < -0.3 is 15.7 Å². The number of hydrogen-bond donors (Lipinski definition) is 2. The summed E-state index contributed by atoms with van der Waals surface area (Å²) in [5.41, 5.74) is 6.67. The number of carbonyl (C=O) groups excluding carboxylic acids is 1. The van der Waals surface area contributed by atoms with E-state index in [4.69, 9.17) is 22.4 Å². The smallest absolute Gasteiger partial charge is 0.255 e. The highest BCUT2D eigenvalue weighted by Gasteiger charge is 2.28. The van der Waals surface area contributed by atoms with E-state index in [2.05, 4.69) is 0 Å². The highest BCUT2D eigenvalue weighted by molar-refractivity contribution is 6.34. The molecule has 104 valence electrons. The molecule has 1 amide bonds. The number of carbonyl (C=O) groups is 1. The second-order valence-corrected chi connectivity index (χ2v) is 5.31. The standard InChI is InChI=1S/C14H19ClN2O2/c15-13-9-10(16)4-5-12(13)14(19)17-7-2-1-3-11(17)6-8-18/h4-5,9,11,18H,1-3,6-8,16H2. The van der Waals surface area contributed by atoms with Crippen molar-refractivity contribution in [2.24, 2.45) is 0 Å². The Morgan fingerprint density at radius 2 is 2.26 bits per heavy atom. The van der Waals surface area contributed by atoms with E-state index < -0.39 is 0 Å². The first-order valence-electron chi connectivity index (χ1n) is 6.60. The molecule has 1 aliphatic rings. The zero-order chi connectivity index (χ0) is 13.8. The molecular weight excluding hydrogens is 264 g/mol. The Morgan fingerprint density at radius 3 is 2.95 bits per heavy atom. The van der Waals surface area contributed by atoms with Crippen LogP contribution in [-0.2, 0) is 0 Å². The first-order valence-corrected chi connectivity index (χ1v) is 6.98. The van der Waals surface area contributed by atoms with Crippen LogP contribution in [0.2, 0.25) is 5.02 Å². The van der Waals surface area contributed by atoms with E-state index in [1.807, 2.05) is 4.90 Å². The van der Waals surface area contributed by atoms with Gasteiger partial charge in [-0.25, -0.2) is 0 Å². The lowest BCUT2D eigenvalue weighted by atomic mass is 9.98. The number of hydrogen-bond acceptors (Lipinski definition) is 3. The summed E-state index contributed by atoms with van der Waals surface area (Å²) in [6.45, 7) is 0.828. The number of aliphatic hydroxyl groups excluding tert-OH is 1. The minimum Gasteiger partial charge on any atom is -0.399 e. The SMILES string of the molecule is Nc1ccc(C(=O)N2CCCCC2CCO)c(Cl)c1. The fraction of sp³-hybridized carbons (Fsp3) is 0.500. The summed E-state index contributed by atoms with van der Waals surface area (Å²) in [6.07, 6.45) is 3.67. The first kappa shape index (κ1) is 14.2. The minimum absolute atomic E-state index is 0.0665. The number of benzene rings is 1. The molecule has 3 N–H and O–H groups in total. The number of nitrogens with zero attached hydrogens (tertiary/aromatic N) is 1.